The number of aromatic nitrogens is 2. The van der Waals surface area contributed by atoms with Gasteiger partial charge in [-0.2, -0.15) is 23.5 Å². The lowest BCUT2D eigenvalue weighted by Crippen LogP contribution is -2.14. The molecule has 10 heteroatoms. The summed E-state index contributed by atoms with van der Waals surface area (Å²) in [7, 11) is 0. The van der Waals surface area contributed by atoms with Gasteiger partial charge in [-0.15, -0.1) is 0 Å². The highest BCUT2D eigenvalue weighted by Crippen LogP contribution is 2.14. The molecule has 0 radical (unpaired) electrons. The molecule has 0 saturated heterocycles. The third kappa shape index (κ3) is 16.4. The Balaban J connectivity index is 1.28. The molecule has 2 aromatic rings. The van der Waals surface area contributed by atoms with Crippen molar-refractivity contribution in [2.24, 2.45) is 0 Å². The average Bonchev–Trinajstić information content (AvgIpc) is 2.99. The molecular weight excluding hydrogens is 548 g/mol. The summed E-state index contributed by atoms with van der Waals surface area (Å²) in [4.78, 5) is 55.1. The lowest BCUT2D eigenvalue weighted by Gasteiger charge is -2.05. The highest BCUT2D eigenvalue weighted by atomic mass is 32.2. The molecule has 0 atom stereocenters. The van der Waals surface area contributed by atoms with Crippen molar-refractivity contribution >= 4 is 47.0 Å². The molecule has 0 N–H and O–H groups in total. The van der Waals surface area contributed by atoms with Crippen molar-refractivity contribution in [2.75, 3.05) is 36.2 Å². The molecule has 218 valence electrons. The highest BCUT2D eigenvalue weighted by molar-refractivity contribution is 7.99. The van der Waals surface area contributed by atoms with E-state index in [1.165, 1.54) is 50.9 Å². The Kier molecular flexibility index (Phi) is 18.4. The Bertz CT molecular complexity index is 926. The molecule has 0 aliphatic heterocycles. The van der Waals surface area contributed by atoms with E-state index in [1.807, 2.05) is 0 Å². The van der Waals surface area contributed by atoms with Crippen LogP contribution in [-0.4, -0.2) is 69.7 Å². The Morgan fingerprint density at radius 1 is 0.575 bits per heavy atom. The van der Waals surface area contributed by atoms with Gasteiger partial charge in [-0.3, -0.25) is 19.6 Å². The van der Waals surface area contributed by atoms with Gasteiger partial charge in [0.2, 0.25) is 0 Å². The van der Waals surface area contributed by atoms with Crippen LogP contribution in [-0.2, 0) is 19.1 Å². The topological polar surface area (TPSA) is 113 Å². The van der Waals surface area contributed by atoms with Gasteiger partial charge >= 0.3 is 11.9 Å². The van der Waals surface area contributed by atoms with Gasteiger partial charge in [0.15, 0.2) is 11.6 Å². The third-order valence-corrected chi connectivity index (χ3v) is 8.04. The molecule has 2 rings (SSSR count). The standard InChI is InChI=1S/C30H40N2O6S2/c33-27(23-37-29(35)25-11-9-15-31-21-25)13-19-39-17-7-5-3-1-2-4-6-8-18-40-20-14-28(34)24-38-30(36)26-12-10-16-32-22-26/h9-12,15-16,21-22H,1-8,13-14,17-20,23-24H2. The number of carbonyl (C=O) groups excluding carboxylic acids is 4. The van der Waals surface area contributed by atoms with Crippen LogP contribution in [0.4, 0.5) is 0 Å². The quantitative estimate of drug-likeness (QED) is 0.113. The summed E-state index contributed by atoms with van der Waals surface area (Å²) in [5.74, 6) is 2.47. The van der Waals surface area contributed by atoms with Crippen LogP contribution in [0.3, 0.4) is 0 Å². The fourth-order valence-corrected chi connectivity index (χ4v) is 5.58. The van der Waals surface area contributed by atoms with Gasteiger partial charge in [0.25, 0.3) is 0 Å². The summed E-state index contributed by atoms with van der Waals surface area (Å²) in [6.07, 6.45) is 16.6. The van der Waals surface area contributed by atoms with Crippen LogP contribution in [0.15, 0.2) is 49.1 Å². The molecule has 0 amide bonds. The number of pyridine rings is 2. The number of esters is 2. The van der Waals surface area contributed by atoms with E-state index in [0.717, 1.165) is 35.9 Å². The molecule has 2 heterocycles. The first-order valence-electron chi connectivity index (χ1n) is 13.9. The number of hydrogen-bond acceptors (Lipinski definition) is 10. The van der Waals surface area contributed by atoms with Gasteiger partial charge in [0.1, 0.15) is 13.2 Å². The lowest BCUT2D eigenvalue weighted by atomic mass is 10.1. The number of ketones is 2. The fraction of sp³-hybridized carbons (Fsp3) is 0.533. The largest absolute Gasteiger partial charge is 0.454 e. The third-order valence-electron chi connectivity index (χ3n) is 5.90. The van der Waals surface area contributed by atoms with E-state index in [2.05, 4.69) is 9.97 Å². The summed E-state index contributed by atoms with van der Waals surface area (Å²) in [5.41, 5.74) is 0.704. The number of rotatable bonds is 23. The number of ether oxygens (including phenoxy) is 2. The molecule has 0 spiro atoms. The fourth-order valence-electron chi connectivity index (χ4n) is 3.62. The summed E-state index contributed by atoms with van der Waals surface area (Å²) in [5, 5.41) is 0. The van der Waals surface area contributed by atoms with E-state index in [-0.39, 0.29) is 24.8 Å². The lowest BCUT2D eigenvalue weighted by molar-refractivity contribution is -0.122. The second kappa shape index (κ2) is 22.0. The SMILES string of the molecule is O=C(CCSCCCCCCCCCCSCCC(=O)COC(=O)c1cccnc1)COC(=O)c1cccnc1. The Labute approximate surface area is 245 Å². The van der Waals surface area contributed by atoms with Crippen molar-refractivity contribution in [1.82, 2.24) is 9.97 Å². The number of unbranched alkanes of at least 4 members (excludes halogenated alkanes) is 7. The zero-order valence-corrected chi connectivity index (χ0v) is 24.7. The van der Waals surface area contributed by atoms with Crippen LogP contribution in [0, 0.1) is 0 Å². The van der Waals surface area contributed by atoms with Gasteiger partial charge < -0.3 is 9.47 Å². The average molecular weight is 589 g/mol. The van der Waals surface area contributed by atoms with Gasteiger partial charge in [-0.1, -0.05) is 38.5 Å². The van der Waals surface area contributed by atoms with Crippen LogP contribution in [0.1, 0.15) is 84.9 Å². The predicted molar refractivity (Wildman–Crippen MR) is 160 cm³/mol. The maximum Gasteiger partial charge on any atom is 0.340 e. The first kappa shape index (κ1) is 33.5. The van der Waals surface area contributed by atoms with Crippen LogP contribution in [0.25, 0.3) is 0 Å². The summed E-state index contributed by atoms with van der Waals surface area (Å²) < 4.78 is 10.1. The summed E-state index contributed by atoms with van der Waals surface area (Å²) >= 11 is 3.56. The van der Waals surface area contributed by atoms with Crippen LogP contribution < -0.4 is 0 Å². The van der Waals surface area contributed by atoms with Gasteiger partial charge in [0.05, 0.1) is 11.1 Å². The summed E-state index contributed by atoms with van der Waals surface area (Å²) in [6, 6.07) is 6.53. The van der Waals surface area contributed by atoms with Crippen molar-refractivity contribution < 1.29 is 28.7 Å². The van der Waals surface area contributed by atoms with Crippen molar-refractivity contribution in [1.29, 1.82) is 0 Å². The smallest absolute Gasteiger partial charge is 0.340 e. The van der Waals surface area contributed by atoms with E-state index in [9.17, 15) is 19.2 Å². The molecule has 0 bridgehead atoms. The zero-order chi connectivity index (χ0) is 28.7. The van der Waals surface area contributed by atoms with Crippen LogP contribution >= 0.6 is 23.5 Å². The molecule has 0 saturated carbocycles. The molecule has 0 unspecified atom stereocenters. The molecule has 40 heavy (non-hydrogen) atoms. The normalized spacial score (nSPS) is 10.7. The predicted octanol–water partition coefficient (Wildman–Crippen LogP) is 6.00. The van der Waals surface area contributed by atoms with E-state index in [1.54, 1.807) is 60.2 Å². The number of thioether (sulfide) groups is 2. The van der Waals surface area contributed by atoms with E-state index in [4.69, 9.17) is 9.47 Å². The Morgan fingerprint density at radius 3 is 1.35 bits per heavy atom. The molecular formula is C30H40N2O6S2. The zero-order valence-electron chi connectivity index (χ0n) is 23.1. The molecule has 8 nitrogen and oxygen atoms in total. The molecule has 0 aliphatic carbocycles. The van der Waals surface area contributed by atoms with E-state index < -0.39 is 11.9 Å². The first-order valence-corrected chi connectivity index (χ1v) is 16.2. The first-order chi connectivity index (χ1) is 19.6. The van der Waals surface area contributed by atoms with E-state index in [0.29, 0.717) is 24.0 Å². The van der Waals surface area contributed by atoms with Crippen molar-refractivity contribution in [3.05, 3.63) is 60.2 Å². The maximum absolute atomic E-state index is 11.9. The van der Waals surface area contributed by atoms with Crippen LogP contribution in [0.2, 0.25) is 0 Å². The Hall–Kier alpha value is -2.72. The van der Waals surface area contributed by atoms with E-state index >= 15 is 0 Å². The van der Waals surface area contributed by atoms with Crippen LogP contribution in [0.5, 0.6) is 0 Å². The second-order valence-electron chi connectivity index (χ2n) is 9.27. The van der Waals surface area contributed by atoms with Crippen molar-refractivity contribution in [2.45, 2.75) is 64.2 Å². The molecule has 2 aromatic heterocycles. The van der Waals surface area contributed by atoms with Gasteiger partial charge in [-0.25, -0.2) is 9.59 Å². The minimum atomic E-state index is -0.517. The number of Topliss-reactive ketones (excluding diaryl/α,β-unsaturated/α-hetero) is 2. The minimum Gasteiger partial charge on any atom is -0.454 e. The van der Waals surface area contributed by atoms with Gasteiger partial charge in [0, 0.05) is 49.1 Å². The second-order valence-corrected chi connectivity index (χ2v) is 11.7. The minimum absolute atomic E-state index is 0.0587. The Morgan fingerprint density at radius 2 is 0.975 bits per heavy atom. The number of hydrogen-bond donors (Lipinski definition) is 0. The van der Waals surface area contributed by atoms with Crippen molar-refractivity contribution in [3.8, 4) is 0 Å². The maximum atomic E-state index is 11.9. The van der Waals surface area contributed by atoms with Gasteiger partial charge in [-0.05, 0) is 48.6 Å². The molecule has 0 aromatic carbocycles. The molecule has 0 aliphatic rings. The monoisotopic (exact) mass is 588 g/mol. The summed E-state index contributed by atoms with van der Waals surface area (Å²) in [6.45, 7) is -0.363. The molecule has 0 fully saturated rings. The number of nitrogens with zero attached hydrogens (tertiary/aromatic N) is 2. The van der Waals surface area contributed by atoms with Crippen molar-refractivity contribution in [3.63, 3.8) is 0 Å². The highest BCUT2D eigenvalue weighted by Gasteiger charge is 2.11. The number of carbonyl (C=O) groups is 4.